The van der Waals surface area contributed by atoms with Crippen LogP contribution in [0.3, 0.4) is 0 Å². The Balaban J connectivity index is -0.000000259. The number of nitrogens with zero attached hydrogens (tertiary/aromatic N) is 6. The van der Waals surface area contributed by atoms with Gasteiger partial charge in [-0.2, -0.15) is 15.3 Å². The van der Waals surface area contributed by atoms with Gasteiger partial charge in [0, 0.05) is 0 Å². The Kier molecular flexibility index (Phi) is 14.2. The van der Waals surface area contributed by atoms with Gasteiger partial charge in [-0.15, -0.1) is 0 Å². The van der Waals surface area contributed by atoms with E-state index >= 15 is 0 Å². The molecule has 24 heavy (non-hydrogen) atoms. The summed E-state index contributed by atoms with van der Waals surface area (Å²) in [5, 5.41) is 19.5. The third-order valence-electron chi connectivity index (χ3n) is 2.13. The normalized spacial score (nSPS) is 8.25. The average Bonchev–Trinajstić information content (AvgIpc) is 3.06. The molecule has 0 saturated heterocycles. The molecule has 0 bridgehead atoms. The Morgan fingerprint density at radius 2 is 0.667 bits per heavy atom. The zero-order valence-corrected chi connectivity index (χ0v) is 13.2. The van der Waals surface area contributed by atoms with Crippen molar-refractivity contribution in [1.82, 2.24) is 45.5 Å². The van der Waals surface area contributed by atoms with E-state index in [9.17, 15) is 0 Å². The Hall–Kier alpha value is -2.58. The summed E-state index contributed by atoms with van der Waals surface area (Å²) in [6, 6.07) is 0. The number of H-pyrrole nitrogens is 3. The number of hydrogen-bond donors (Lipinski definition) is 3. The average molecular weight is 339 g/mol. The molecule has 0 aliphatic carbocycles. The molecule has 0 amide bonds. The van der Waals surface area contributed by atoms with Gasteiger partial charge in [0.05, 0.1) is 0 Å². The molecule has 3 N–H and O–H groups in total. The van der Waals surface area contributed by atoms with E-state index in [1.807, 2.05) is 41.5 Å². The van der Waals surface area contributed by atoms with E-state index < -0.39 is 0 Å². The summed E-state index contributed by atoms with van der Waals surface area (Å²) < 4.78 is 0. The quantitative estimate of drug-likeness (QED) is 0.577. The summed E-state index contributed by atoms with van der Waals surface area (Å²) in [6.45, 7) is 11.2. The first-order valence-corrected chi connectivity index (χ1v) is 6.43. The van der Waals surface area contributed by atoms with Crippen molar-refractivity contribution < 1.29 is 0 Å². The fourth-order valence-corrected chi connectivity index (χ4v) is 1.36. The highest BCUT2D eigenvalue weighted by molar-refractivity contribution is 4.83. The zero-order chi connectivity index (χ0) is 15.8. The van der Waals surface area contributed by atoms with Crippen LogP contribution in [-0.2, 0) is 0 Å². The van der Waals surface area contributed by atoms with Crippen molar-refractivity contribution in [3.63, 3.8) is 0 Å². The van der Waals surface area contributed by atoms with E-state index in [0.29, 0.717) is 0 Å². The number of aryl methyl sites for hydroxylation is 6. The first kappa shape index (κ1) is 26.3. The molecule has 3 aromatic rings. The lowest BCUT2D eigenvalue weighted by Gasteiger charge is -1.68. The van der Waals surface area contributed by atoms with Crippen molar-refractivity contribution >= 4 is 0 Å². The lowest BCUT2D eigenvalue weighted by molar-refractivity contribution is 1.02. The van der Waals surface area contributed by atoms with Crippen molar-refractivity contribution in [2.24, 2.45) is 0 Å². The third-order valence-corrected chi connectivity index (χ3v) is 2.13. The van der Waals surface area contributed by atoms with Crippen LogP contribution in [0, 0.1) is 41.5 Å². The molecule has 0 aromatic carbocycles. The van der Waals surface area contributed by atoms with E-state index in [0.717, 1.165) is 34.9 Å². The molecule has 0 radical (unpaired) electrons. The van der Waals surface area contributed by atoms with Crippen LogP contribution in [-0.4, -0.2) is 45.5 Å². The molecular weight excluding hydrogens is 306 g/mol. The predicted molar refractivity (Wildman–Crippen MR) is 97.8 cm³/mol. The van der Waals surface area contributed by atoms with Gasteiger partial charge in [0.1, 0.15) is 34.9 Å². The van der Waals surface area contributed by atoms with Gasteiger partial charge >= 0.3 is 0 Å². The molecule has 3 aromatic heterocycles. The molecule has 0 spiro atoms. The Morgan fingerprint density at radius 1 is 0.458 bits per heavy atom. The second kappa shape index (κ2) is 12.9. The summed E-state index contributed by atoms with van der Waals surface area (Å²) in [6.07, 6.45) is 0. The van der Waals surface area contributed by atoms with Crippen LogP contribution in [0.5, 0.6) is 0 Å². The smallest absolute Gasteiger partial charge is 0.147 e. The summed E-state index contributed by atoms with van der Waals surface area (Å²) in [5.74, 6) is 5.03. The second-order valence-electron chi connectivity index (χ2n) is 4.40. The highest BCUT2D eigenvalue weighted by Gasteiger charge is 1.87. The molecule has 0 saturated carbocycles. The van der Waals surface area contributed by atoms with Crippen LogP contribution in [0.2, 0.25) is 0 Å². The summed E-state index contributed by atoms with van der Waals surface area (Å²) in [7, 11) is 0. The summed E-state index contributed by atoms with van der Waals surface area (Å²) in [4.78, 5) is 11.8. The first-order chi connectivity index (χ1) is 9.86. The van der Waals surface area contributed by atoms with Crippen LogP contribution in [0.1, 0.15) is 57.2 Å². The topological polar surface area (TPSA) is 125 Å². The van der Waals surface area contributed by atoms with Gasteiger partial charge in [-0.3, -0.25) is 15.3 Å². The van der Waals surface area contributed by atoms with Crippen molar-refractivity contribution in [2.45, 2.75) is 63.8 Å². The van der Waals surface area contributed by atoms with Crippen LogP contribution >= 0.6 is 0 Å². The zero-order valence-electron chi connectivity index (χ0n) is 13.2. The van der Waals surface area contributed by atoms with E-state index in [4.69, 9.17) is 0 Å². The van der Waals surface area contributed by atoms with Gasteiger partial charge in [0.25, 0.3) is 0 Å². The molecule has 0 fully saturated rings. The molecule has 0 aliphatic rings. The Bertz CT molecular complexity index is 511. The first-order valence-electron chi connectivity index (χ1n) is 6.43. The van der Waals surface area contributed by atoms with Crippen LogP contribution in [0.4, 0.5) is 0 Å². The number of aromatic amines is 3. The van der Waals surface area contributed by atoms with Crippen molar-refractivity contribution in [2.75, 3.05) is 0 Å². The maximum atomic E-state index is 3.94. The van der Waals surface area contributed by atoms with E-state index in [1.54, 1.807) is 0 Å². The van der Waals surface area contributed by atoms with Crippen LogP contribution in [0.25, 0.3) is 0 Å². The van der Waals surface area contributed by atoms with Gasteiger partial charge in [-0.05, 0) is 41.5 Å². The summed E-state index contributed by atoms with van der Waals surface area (Å²) in [5.41, 5.74) is 0. The van der Waals surface area contributed by atoms with E-state index in [1.165, 1.54) is 0 Å². The van der Waals surface area contributed by atoms with Gasteiger partial charge in [-0.1, -0.05) is 22.3 Å². The lowest BCUT2D eigenvalue weighted by atomic mass is 10.7. The number of aromatic nitrogens is 9. The Morgan fingerprint density at radius 3 is 0.708 bits per heavy atom. The Labute approximate surface area is 145 Å². The SMILES string of the molecule is C.C.C.Cc1n[nH]c(C)n1.Cc1n[nH]c(C)n1.Cc1n[nH]c(C)n1. The fraction of sp³-hybridized carbons (Fsp3) is 0.600. The molecule has 0 aliphatic heterocycles. The highest BCUT2D eigenvalue weighted by atomic mass is 15.2. The molecule has 0 atom stereocenters. The number of nitrogens with one attached hydrogen (secondary N) is 3. The lowest BCUT2D eigenvalue weighted by Crippen LogP contribution is -1.70. The van der Waals surface area contributed by atoms with Crippen molar-refractivity contribution in [1.29, 1.82) is 0 Å². The van der Waals surface area contributed by atoms with Crippen molar-refractivity contribution in [3.8, 4) is 0 Å². The number of hydrogen-bond acceptors (Lipinski definition) is 6. The fourth-order valence-electron chi connectivity index (χ4n) is 1.36. The van der Waals surface area contributed by atoms with E-state index in [2.05, 4.69) is 45.5 Å². The molecule has 3 rings (SSSR count). The second-order valence-corrected chi connectivity index (χ2v) is 4.40. The van der Waals surface area contributed by atoms with Crippen LogP contribution in [0.15, 0.2) is 0 Å². The maximum Gasteiger partial charge on any atom is 0.147 e. The minimum absolute atomic E-state index is 0. The molecule has 9 heteroatoms. The van der Waals surface area contributed by atoms with Crippen molar-refractivity contribution in [3.05, 3.63) is 34.9 Å². The monoisotopic (exact) mass is 339 g/mol. The molecule has 138 valence electrons. The minimum Gasteiger partial charge on any atom is -0.263 e. The van der Waals surface area contributed by atoms with Crippen LogP contribution < -0.4 is 0 Å². The van der Waals surface area contributed by atoms with Gasteiger partial charge in [0.15, 0.2) is 0 Å². The van der Waals surface area contributed by atoms with Gasteiger partial charge in [-0.25, -0.2) is 15.0 Å². The standard InChI is InChI=1S/3C4H7N3.3CH4/c3*1-3-5-4(2)7-6-3;;;/h3*1-2H3,(H,5,6,7);3*1H4. The third kappa shape index (κ3) is 11.0. The highest BCUT2D eigenvalue weighted by Crippen LogP contribution is 1.84. The molecule has 0 unspecified atom stereocenters. The van der Waals surface area contributed by atoms with Gasteiger partial charge in [0.2, 0.25) is 0 Å². The predicted octanol–water partition coefficient (Wildman–Crippen LogP) is 3.17. The number of rotatable bonds is 0. The minimum atomic E-state index is 0. The largest absolute Gasteiger partial charge is 0.263 e. The molecule has 3 heterocycles. The van der Waals surface area contributed by atoms with Gasteiger partial charge < -0.3 is 0 Å². The molecule has 9 nitrogen and oxygen atoms in total. The maximum absolute atomic E-state index is 3.94. The molecular formula is C15H33N9. The van der Waals surface area contributed by atoms with E-state index in [-0.39, 0.29) is 22.3 Å². The summed E-state index contributed by atoms with van der Waals surface area (Å²) >= 11 is 0.